The largest absolute Gasteiger partial charge is 0.505 e. The van der Waals surface area contributed by atoms with E-state index in [0.717, 1.165) is 32.5 Å². The second-order valence-electron chi connectivity index (χ2n) is 4.77. The van der Waals surface area contributed by atoms with E-state index in [0.29, 0.717) is 11.5 Å². The minimum atomic E-state index is -0.145. The Balaban J connectivity index is 1.98. The Hall–Kier alpha value is -1.62. The van der Waals surface area contributed by atoms with E-state index in [4.69, 9.17) is 0 Å². The van der Waals surface area contributed by atoms with Gasteiger partial charge in [-0.3, -0.25) is 9.78 Å². The van der Waals surface area contributed by atoms with Gasteiger partial charge in [-0.05, 0) is 37.9 Å². The molecule has 0 atom stereocenters. The minimum absolute atomic E-state index is 0.0559. The highest BCUT2D eigenvalue weighted by Gasteiger charge is 2.20. The molecule has 0 unspecified atom stereocenters. The molecule has 1 fully saturated rings. The van der Waals surface area contributed by atoms with Crippen LogP contribution in [0.25, 0.3) is 0 Å². The number of rotatable bonds is 3. The number of aromatic nitrogens is 1. The molecule has 1 aromatic heterocycles. The van der Waals surface area contributed by atoms with Crippen LogP contribution in [0.3, 0.4) is 0 Å². The summed E-state index contributed by atoms with van der Waals surface area (Å²) in [5.74, 6) is 0.345. The molecule has 1 saturated heterocycles. The van der Waals surface area contributed by atoms with Crippen molar-refractivity contribution >= 4 is 5.91 Å². The number of nitrogens with zero attached hydrogens (tertiary/aromatic N) is 2. The van der Waals surface area contributed by atoms with E-state index >= 15 is 0 Å². The van der Waals surface area contributed by atoms with Gasteiger partial charge in [0.2, 0.25) is 0 Å². The lowest BCUT2D eigenvalue weighted by molar-refractivity contribution is 0.0759. The Morgan fingerprint density at radius 2 is 2.28 bits per heavy atom. The molecule has 0 radical (unpaired) electrons. The van der Waals surface area contributed by atoms with Crippen molar-refractivity contribution < 1.29 is 9.90 Å². The zero-order chi connectivity index (χ0) is 13.0. The number of carbonyl (C=O) groups is 1. The van der Waals surface area contributed by atoms with Gasteiger partial charge in [0, 0.05) is 19.8 Å². The maximum absolute atomic E-state index is 12.2. The first-order chi connectivity index (χ1) is 8.68. The SMILES string of the molecule is CN(CC1CCNCC1)C(=O)c1ccncc1O. The van der Waals surface area contributed by atoms with Gasteiger partial charge in [0.1, 0.15) is 5.75 Å². The molecule has 2 heterocycles. The number of hydrogen-bond donors (Lipinski definition) is 2. The average molecular weight is 249 g/mol. The Kier molecular flexibility index (Phi) is 4.15. The molecular formula is C13H19N3O2. The first-order valence-electron chi connectivity index (χ1n) is 6.27. The van der Waals surface area contributed by atoms with Crippen molar-refractivity contribution in [1.29, 1.82) is 0 Å². The van der Waals surface area contributed by atoms with Crippen LogP contribution in [0.2, 0.25) is 0 Å². The highest BCUT2D eigenvalue weighted by Crippen LogP contribution is 2.18. The van der Waals surface area contributed by atoms with Gasteiger partial charge in [0.05, 0.1) is 11.8 Å². The van der Waals surface area contributed by atoms with Gasteiger partial charge in [-0.2, -0.15) is 0 Å². The highest BCUT2D eigenvalue weighted by atomic mass is 16.3. The van der Waals surface area contributed by atoms with Crippen LogP contribution in [-0.4, -0.2) is 47.6 Å². The Labute approximate surface area is 107 Å². The van der Waals surface area contributed by atoms with Crippen molar-refractivity contribution in [2.75, 3.05) is 26.7 Å². The molecule has 0 spiro atoms. The molecule has 0 aliphatic carbocycles. The Morgan fingerprint density at radius 1 is 1.56 bits per heavy atom. The molecular weight excluding hydrogens is 230 g/mol. The molecule has 5 nitrogen and oxygen atoms in total. The summed E-state index contributed by atoms with van der Waals surface area (Å²) in [6.07, 6.45) is 5.01. The van der Waals surface area contributed by atoms with Gasteiger partial charge in [-0.25, -0.2) is 0 Å². The van der Waals surface area contributed by atoms with E-state index in [9.17, 15) is 9.90 Å². The van der Waals surface area contributed by atoms with Crippen LogP contribution in [0.4, 0.5) is 0 Å². The quantitative estimate of drug-likeness (QED) is 0.834. The first kappa shape index (κ1) is 12.8. The summed E-state index contributed by atoms with van der Waals surface area (Å²) in [7, 11) is 1.78. The third kappa shape index (κ3) is 2.98. The number of pyridine rings is 1. The maximum Gasteiger partial charge on any atom is 0.257 e. The van der Waals surface area contributed by atoms with E-state index < -0.39 is 0 Å². The van der Waals surface area contributed by atoms with Gasteiger partial charge in [-0.15, -0.1) is 0 Å². The van der Waals surface area contributed by atoms with Crippen molar-refractivity contribution in [3.8, 4) is 5.75 Å². The molecule has 0 aromatic carbocycles. The molecule has 2 N–H and O–H groups in total. The molecule has 1 amide bonds. The summed E-state index contributed by atoms with van der Waals surface area (Å²) >= 11 is 0. The lowest BCUT2D eigenvalue weighted by Crippen LogP contribution is -2.37. The molecule has 1 aromatic rings. The predicted octanol–water partition coefficient (Wildman–Crippen LogP) is 0.859. The molecule has 98 valence electrons. The van der Waals surface area contributed by atoms with Crippen molar-refractivity contribution in [2.24, 2.45) is 5.92 Å². The van der Waals surface area contributed by atoms with Crippen molar-refractivity contribution in [2.45, 2.75) is 12.8 Å². The van der Waals surface area contributed by atoms with E-state index in [1.165, 1.54) is 12.4 Å². The standard InChI is InChI=1S/C13H19N3O2/c1-16(9-10-2-5-14-6-3-10)13(18)11-4-7-15-8-12(11)17/h4,7-8,10,14,17H,2-3,5-6,9H2,1H3. The van der Waals surface area contributed by atoms with Crippen LogP contribution in [0, 0.1) is 5.92 Å². The second-order valence-corrected chi connectivity index (χ2v) is 4.77. The van der Waals surface area contributed by atoms with Gasteiger partial charge < -0.3 is 15.3 Å². The van der Waals surface area contributed by atoms with Gasteiger partial charge in [0.25, 0.3) is 5.91 Å². The number of piperidine rings is 1. The molecule has 2 rings (SSSR count). The number of hydrogen-bond acceptors (Lipinski definition) is 4. The van der Waals surface area contributed by atoms with Gasteiger partial charge in [0.15, 0.2) is 0 Å². The molecule has 18 heavy (non-hydrogen) atoms. The fourth-order valence-corrected chi connectivity index (χ4v) is 2.31. The molecule has 0 bridgehead atoms. The summed E-state index contributed by atoms with van der Waals surface area (Å²) in [4.78, 5) is 17.6. The zero-order valence-electron chi connectivity index (χ0n) is 10.6. The smallest absolute Gasteiger partial charge is 0.257 e. The maximum atomic E-state index is 12.2. The summed E-state index contributed by atoms with van der Waals surface area (Å²) in [5, 5.41) is 12.9. The lowest BCUT2D eigenvalue weighted by atomic mass is 9.97. The van der Waals surface area contributed by atoms with E-state index in [2.05, 4.69) is 10.3 Å². The molecule has 0 saturated carbocycles. The predicted molar refractivity (Wildman–Crippen MR) is 68.5 cm³/mol. The summed E-state index contributed by atoms with van der Waals surface area (Å²) in [6.45, 7) is 2.78. The normalized spacial score (nSPS) is 16.5. The van der Waals surface area contributed by atoms with Crippen LogP contribution in [0.5, 0.6) is 5.75 Å². The van der Waals surface area contributed by atoms with E-state index in [-0.39, 0.29) is 11.7 Å². The molecule has 1 aliphatic heterocycles. The highest BCUT2D eigenvalue weighted by molar-refractivity contribution is 5.96. The number of aromatic hydroxyl groups is 1. The Bertz CT molecular complexity index is 416. The zero-order valence-corrected chi connectivity index (χ0v) is 10.6. The molecule has 1 aliphatic rings. The third-order valence-corrected chi connectivity index (χ3v) is 3.37. The van der Waals surface area contributed by atoms with Gasteiger partial charge in [-0.1, -0.05) is 0 Å². The number of carbonyl (C=O) groups excluding carboxylic acids is 1. The van der Waals surface area contributed by atoms with Crippen LogP contribution in [0.15, 0.2) is 18.5 Å². The second kappa shape index (κ2) is 5.82. The summed E-state index contributed by atoms with van der Waals surface area (Å²) in [6, 6.07) is 1.55. The first-order valence-corrected chi connectivity index (χ1v) is 6.27. The fraction of sp³-hybridized carbons (Fsp3) is 0.538. The summed E-state index contributed by atoms with van der Waals surface area (Å²) < 4.78 is 0. The Morgan fingerprint density at radius 3 is 2.94 bits per heavy atom. The van der Waals surface area contributed by atoms with E-state index in [1.807, 2.05) is 0 Å². The van der Waals surface area contributed by atoms with Crippen LogP contribution in [-0.2, 0) is 0 Å². The fourth-order valence-electron chi connectivity index (χ4n) is 2.31. The number of nitrogens with one attached hydrogen (secondary N) is 1. The topological polar surface area (TPSA) is 65.5 Å². The monoisotopic (exact) mass is 249 g/mol. The van der Waals surface area contributed by atoms with Crippen molar-refractivity contribution in [3.05, 3.63) is 24.0 Å². The van der Waals surface area contributed by atoms with Gasteiger partial charge >= 0.3 is 0 Å². The third-order valence-electron chi connectivity index (χ3n) is 3.37. The van der Waals surface area contributed by atoms with Crippen molar-refractivity contribution in [3.63, 3.8) is 0 Å². The molecule has 5 heteroatoms. The lowest BCUT2D eigenvalue weighted by Gasteiger charge is -2.27. The van der Waals surface area contributed by atoms with Crippen LogP contribution < -0.4 is 5.32 Å². The van der Waals surface area contributed by atoms with Crippen LogP contribution in [0.1, 0.15) is 23.2 Å². The number of amides is 1. The minimum Gasteiger partial charge on any atom is -0.505 e. The average Bonchev–Trinajstić information content (AvgIpc) is 2.39. The summed E-state index contributed by atoms with van der Waals surface area (Å²) in [5.41, 5.74) is 0.321. The van der Waals surface area contributed by atoms with Crippen molar-refractivity contribution in [1.82, 2.24) is 15.2 Å². The van der Waals surface area contributed by atoms with Crippen LogP contribution >= 0.6 is 0 Å². The van der Waals surface area contributed by atoms with E-state index in [1.54, 1.807) is 18.0 Å².